The summed E-state index contributed by atoms with van der Waals surface area (Å²) in [4.78, 5) is 7.60. The van der Waals surface area contributed by atoms with Gasteiger partial charge >= 0.3 is 0 Å². The molecule has 0 saturated carbocycles. The van der Waals surface area contributed by atoms with Gasteiger partial charge in [-0.2, -0.15) is 0 Å². The standard InChI is InChI=1S/C21H20Cl2N2S/c1-25-14-9-10-17(25)19(15(11-14)12-5-7-13(22)8-6-12)21-24-20-16(23)3-2-4-18(20)26-21/h2-8,14-15,17,19H,9-11H2,1H3. The number of likely N-dealkylation sites (N-methyl/N-ethyl adjacent to an activating group) is 1. The molecule has 2 saturated heterocycles. The molecule has 26 heavy (non-hydrogen) atoms. The van der Waals surface area contributed by atoms with Crippen molar-refractivity contribution in [2.24, 2.45) is 0 Å². The molecule has 0 radical (unpaired) electrons. The van der Waals surface area contributed by atoms with Gasteiger partial charge in [-0.1, -0.05) is 41.4 Å². The molecule has 2 bridgehead atoms. The van der Waals surface area contributed by atoms with Crippen LogP contribution >= 0.6 is 34.5 Å². The normalized spacial score (nSPS) is 28.7. The summed E-state index contributed by atoms with van der Waals surface area (Å²) in [5.41, 5.74) is 2.33. The lowest BCUT2D eigenvalue weighted by atomic mass is 9.76. The Balaban J connectivity index is 1.63. The fourth-order valence-electron chi connectivity index (χ4n) is 4.93. The Morgan fingerprint density at radius 2 is 1.88 bits per heavy atom. The molecule has 3 aromatic rings. The molecule has 0 amide bonds. The van der Waals surface area contributed by atoms with Gasteiger partial charge in [-0.05, 0) is 62.1 Å². The molecule has 134 valence electrons. The topological polar surface area (TPSA) is 16.1 Å². The minimum absolute atomic E-state index is 0.411. The van der Waals surface area contributed by atoms with Crippen molar-refractivity contribution in [2.45, 2.75) is 43.2 Å². The van der Waals surface area contributed by atoms with Crippen molar-refractivity contribution in [1.29, 1.82) is 0 Å². The van der Waals surface area contributed by atoms with E-state index in [0.29, 0.717) is 23.9 Å². The lowest BCUT2D eigenvalue weighted by Crippen LogP contribution is -2.44. The second kappa shape index (κ2) is 6.49. The summed E-state index contributed by atoms with van der Waals surface area (Å²) in [7, 11) is 2.29. The summed E-state index contributed by atoms with van der Waals surface area (Å²) >= 11 is 14.4. The Kier molecular flexibility index (Phi) is 4.24. The third-order valence-corrected chi connectivity index (χ3v) is 7.92. The minimum Gasteiger partial charge on any atom is -0.300 e. The van der Waals surface area contributed by atoms with Crippen molar-refractivity contribution in [3.63, 3.8) is 0 Å². The monoisotopic (exact) mass is 402 g/mol. The molecule has 0 aliphatic carbocycles. The Morgan fingerprint density at radius 3 is 2.65 bits per heavy atom. The van der Waals surface area contributed by atoms with Crippen LogP contribution in [-0.4, -0.2) is 29.0 Å². The lowest BCUT2D eigenvalue weighted by Gasteiger charge is -2.42. The molecule has 2 aromatic carbocycles. The Labute approximate surface area is 167 Å². The van der Waals surface area contributed by atoms with Crippen LogP contribution in [0, 0.1) is 0 Å². The van der Waals surface area contributed by atoms with E-state index in [9.17, 15) is 0 Å². The van der Waals surface area contributed by atoms with Gasteiger partial charge in [0.05, 0.1) is 14.7 Å². The largest absolute Gasteiger partial charge is 0.300 e. The van der Waals surface area contributed by atoms with Crippen molar-refractivity contribution in [3.05, 3.63) is 63.1 Å². The molecule has 2 aliphatic rings. The van der Waals surface area contributed by atoms with Crippen LogP contribution in [0.1, 0.15) is 41.7 Å². The highest BCUT2D eigenvalue weighted by atomic mass is 35.5. The van der Waals surface area contributed by atoms with E-state index in [1.54, 1.807) is 0 Å². The number of aromatic nitrogens is 1. The fraction of sp³-hybridized carbons (Fsp3) is 0.381. The predicted octanol–water partition coefficient (Wildman–Crippen LogP) is 6.34. The van der Waals surface area contributed by atoms with Crippen LogP contribution in [0.2, 0.25) is 10.0 Å². The van der Waals surface area contributed by atoms with Gasteiger partial charge in [0, 0.05) is 23.0 Å². The molecule has 2 aliphatic heterocycles. The third kappa shape index (κ3) is 2.68. The molecule has 2 fully saturated rings. The maximum atomic E-state index is 6.41. The average Bonchev–Trinajstić information content (AvgIpc) is 3.15. The van der Waals surface area contributed by atoms with E-state index in [-0.39, 0.29) is 0 Å². The first-order valence-corrected chi connectivity index (χ1v) is 10.7. The lowest BCUT2D eigenvalue weighted by molar-refractivity contribution is 0.137. The third-order valence-electron chi connectivity index (χ3n) is 6.24. The van der Waals surface area contributed by atoms with Crippen molar-refractivity contribution < 1.29 is 0 Å². The highest BCUT2D eigenvalue weighted by Crippen LogP contribution is 2.52. The van der Waals surface area contributed by atoms with E-state index in [2.05, 4.69) is 30.1 Å². The number of fused-ring (bicyclic) bond motifs is 3. The Bertz CT molecular complexity index is 952. The zero-order valence-corrected chi connectivity index (χ0v) is 16.9. The highest BCUT2D eigenvalue weighted by molar-refractivity contribution is 7.18. The number of thiazole rings is 1. The van der Waals surface area contributed by atoms with E-state index < -0.39 is 0 Å². The van der Waals surface area contributed by atoms with Gasteiger partial charge in [0.1, 0.15) is 5.52 Å². The first-order valence-electron chi connectivity index (χ1n) is 9.14. The second-order valence-electron chi connectivity index (χ2n) is 7.52. The van der Waals surface area contributed by atoms with Gasteiger partial charge in [-0.3, -0.25) is 4.90 Å². The van der Waals surface area contributed by atoms with E-state index >= 15 is 0 Å². The molecule has 4 atom stereocenters. The molecule has 5 heteroatoms. The van der Waals surface area contributed by atoms with Gasteiger partial charge in [-0.25, -0.2) is 4.98 Å². The van der Waals surface area contributed by atoms with Crippen molar-refractivity contribution in [2.75, 3.05) is 7.05 Å². The predicted molar refractivity (Wildman–Crippen MR) is 111 cm³/mol. The van der Waals surface area contributed by atoms with Crippen LogP contribution in [-0.2, 0) is 0 Å². The molecule has 5 rings (SSSR count). The minimum atomic E-state index is 0.411. The Morgan fingerprint density at radius 1 is 1.08 bits per heavy atom. The summed E-state index contributed by atoms with van der Waals surface area (Å²) in [6, 6.07) is 15.7. The van der Waals surface area contributed by atoms with Crippen LogP contribution in [0.3, 0.4) is 0 Å². The maximum Gasteiger partial charge on any atom is 0.100 e. The van der Waals surface area contributed by atoms with E-state index in [1.807, 2.05) is 35.6 Å². The molecular weight excluding hydrogens is 383 g/mol. The van der Waals surface area contributed by atoms with Gasteiger partial charge < -0.3 is 0 Å². The first kappa shape index (κ1) is 17.0. The second-order valence-corrected chi connectivity index (χ2v) is 9.43. The van der Waals surface area contributed by atoms with Gasteiger partial charge in [-0.15, -0.1) is 11.3 Å². The van der Waals surface area contributed by atoms with E-state index in [4.69, 9.17) is 28.2 Å². The first-order chi connectivity index (χ1) is 12.6. The number of para-hydroxylation sites is 1. The molecule has 3 heterocycles. The Hall–Kier alpha value is -1.13. The van der Waals surface area contributed by atoms with Crippen LogP contribution in [0.15, 0.2) is 42.5 Å². The summed E-state index contributed by atoms with van der Waals surface area (Å²) in [5.74, 6) is 0.897. The summed E-state index contributed by atoms with van der Waals surface area (Å²) in [6.45, 7) is 0. The van der Waals surface area contributed by atoms with Crippen LogP contribution < -0.4 is 0 Å². The maximum absolute atomic E-state index is 6.41. The number of nitrogens with zero attached hydrogens (tertiary/aromatic N) is 2. The summed E-state index contributed by atoms with van der Waals surface area (Å²) in [5, 5.41) is 2.78. The SMILES string of the molecule is CN1C2CCC1C(c1nc3c(Cl)cccc3s1)C(c1ccc(Cl)cc1)C2. The summed E-state index contributed by atoms with van der Waals surface area (Å²) in [6.07, 6.45) is 3.72. The average molecular weight is 403 g/mol. The van der Waals surface area contributed by atoms with Gasteiger partial charge in [0.2, 0.25) is 0 Å². The number of rotatable bonds is 2. The van der Waals surface area contributed by atoms with Gasteiger partial charge in [0.25, 0.3) is 0 Å². The van der Waals surface area contributed by atoms with Crippen molar-refractivity contribution >= 4 is 44.8 Å². The molecule has 4 unspecified atom stereocenters. The van der Waals surface area contributed by atoms with Crippen LogP contribution in [0.4, 0.5) is 0 Å². The zero-order chi connectivity index (χ0) is 17.8. The summed E-state index contributed by atoms with van der Waals surface area (Å²) < 4.78 is 1.19. The fourth-order valence-corrected chi connectivity index (χ4v) is 6.55. The number of benzene rings is 2. The molecule has 0 N–H and O–H groups in total. The number of piperidine rings is 1. The smallest absolute Gasteiger partial charge is 0.100 e. The molecular formula is C21H20Cl2N2S. The van der Waals surface area contributed by atoms with Crippen LogP contribution in [0.25, 0.3) is 10.2 Å². The van der Waals surface area contributed by atoms with E-state index in [1.165, 1.54) is 34.5 Å². The number of hydrogen-bond donors (Lipinski definition) is 0. The van der Waals surface area contributed by atoms with Gasteiger partial charge in [0.15, 0.2) is 0 Å². The zero-order valence-electron chi connectivity index (χ0n) is 14.5. The van der Waals surface area contributed by atoms with Crippen LogP contribution in [0.5, 0.6) is 0 Å². The van der Waals surface area contributed by atoms with Crippen molar-refractivity contribution in [1.82, 2.24) is 9.88 Å². The highest BCUT2D eigenvalue weighted by Gasteiger charge is 2.47. The molecule has 1 aromatic heterocycles. The van der Waals surface area contributed by atoms with E-state index in [0.717, 1.165) is 15.6 Å². The molecule has 0 spiro atoms. The number of halogens is 2. The molecule has 2 nitrogen and oxygen atoms in total. The quantitative estimate of drug-likeness (QED) is 0.497. The van der Waals surface area contributed by atoms with Crippen molar-refractivity contribution in [3.8, 4) is 0 Å². The number of hydrogen-bond acceptors (Lipinski definition) is 3.